The molecule has 0 bridgehead atoms. The van der Waals surface area contributed by atoms with Gasteiger partial charge in [-0.05, 0) is 101 Å². The molecule has 3 aromatic carbocycles. The molecule has 1 saturated heterocycles. The van der Waals surface area contributed by atoms with Gasteiger partial charge in [-0.3, -0.25) is 0 Å². The van der Waals surface area contributed by atoms with Crippen LogP contribution >= 0.6 is 0 Å². The normalized spacial score (nSPS) is 17.9. The van der Waals surface area contributed by atoms with Gasteiger partial charge in [0, 0.05) is 13.2 Å². The zero-order valence-electron chi connectivity index (χ0n) is 44.3. The molecule has 5 atom stereocenters. The number of hydrogen-bond acceptors (Lipinski definition) is 9. The van der Waals surface area contributed by atoms with Gasteiger partial charge in [0.1, 0.15) is 12.7 Å². The van der Waals surface area contributed by atoms with Crippen LogP contribution in [-0.2, 0) is 28.4 Å². The van der Waals surface area contributed by atoms with E-state index in [0.717, 1.165) is 57.8 Å². The lowest BCUT2D eigenvalue weighted by atomic mass is 9.97. The first kappa shape index (κ1) is 60.0. The van der Waals surface area contributed by atoms with Crippen molar-refractivity contribution in [1.29, 1.82) is 0 Å². The van der Waals surface area contributed by atoms with Gasteiger partial charge in [0.05, 0.1) is 16.7 Å². The van der Waals surface area contributed by atoms with Crippen molar-refractivity contribution in [1.82, 2.24) is 0 Å². The van der Waals surface area contributed by atoms with Crippen molar-refractivity contribution in [2.45, 2.75) is 224 Å². The van der Waals surface area contributed by atoms with Crippen LogP contribution in [0.4, 0.5) is 0 Å². The molecule has 0 aromatic heterocycles. The summed E-state index contributed by atoms with van der Waals surface area (Å²) < 4.78 is 37.9. The molecule has 1 aliphatic heterocycles. The average molecular weight is 992 g/mol. The number of benzene rings is 3. The third-order valence-electron chi connectivity index (χ3n) is 13.2. The zero-order chi connectivity index (χ0) is 50.9. The van der Waals surface area contributed by atoms with Gasteiger partial charge in [0.2, 0.25) is 0 Å². The van der Waals surface area contributed by atoms with Crippen molar-refractivity contribution < 1.29 is 42.8 Å². The number of esters is 3. The molecular formula is C63H91O9. The van der Waals surface area contributed by atoms with Crippen LogP contribution in [0.1, 0.15) is 225 Å². The lowest BCUT2D eigenvalue weighted by Crippen LogP contribution is -2.62. The van der Waals surface area contributed by atoms with Crippen LogP contribution in [-0.4, -0.2) is 61.8 Å². The second-order valence-electron chi connectivity index (χ2n) is 19.4. The first-order chi connectivity index (χ1) is 35.5. The fourth-order valence-electron chi connectivity index (χ4n) is 8.92. The molecule has 72 heavy (non-hydrogen) atoms. The Kier molecular flexibility index (Phi) is 33.2. The zero-order valence-corrected chi connectivity index (χ0v) is 44.3. The van der Waals surface area contributed by atoms with Crippen molar-refractivity contribution >= 4 is 17.9 Å². The molecule has 0 aliphatic carbocycles. The van der Waals surface area contributed by atoms with Gasteiger partial charge >= 0.3 is 17.9 Å². The van der Waals surface area contributed by atoms with Gasteiger partial charge < -0.3 is 28.4 Å². The third-order valence-corrected chi connectivity index (χ3v) is 13.2. The minimum Gasteiger partial charge on any atom is -0.452 e. The predicted molar refractivity (Wildman–Crippen MR) is 291 cm³/mol. The fraction of sp³-hybridized carbons (Fsp3) is 0.587. The molecule has 0 unspecified atom stereocenters. The molecule has 1 aliphatic rings. The number of carbonyl (C=O) groups excluding carboxylic acids is 3. The smallest absolute Gasteiger partial charge is 0.338 e. The summed E-state index contributed by atoms with van der Waals surface area (Å²) >= 11 is 0. The second-order valence-corrected chi connectivity index (χ2v) is 19.4. The van der Waals surface area contributed by atoms with Crippen molar-refractivity contribution in [3.63, 3.8) is 0 Å². The Bertz CT molecular complexity index is 1870. The van der Waals surface area contributed by atoms with Gasteiger partial charge in [-0.2, -0.15) is 0 Å². The standard InChI is InChI=1S/C63H91O9/c1-3-5-7-9-11-13-15-17-19-21-23-25-27-29-31-42-50-67-52-56-57(70-60(64)53-44-36-33-37-45-53)58(71-61(65)54-46-38-34-39-47-54)59(72-62(66)55-48-40-35-41-49-55)63(69-56)68-51-43-32-30-28-26-24-22-20-18-16-14-12-10-8-6-4-2/h17-20,33-41,44-49,52,56-59,63H,3-16,21-32,42-43,50-51H2,1-2H3/t56-,57-,58+,59-,63+/m1/s1. The van der Waals surface area contributed by atoms with Crippen LogP contribution in [0, 0.1) is 6.61 Å². The molecule has 0 spiro atoms. The molecule has 9 heteroatoms. The molecule has 1 fully saturated rings. The number of carbonyl (C=O) groups is 3. The maximum atomic E-state index is 14.0. The van der Waals surface area contributed by atoms with Gasteiger partial charge in [-0.25, -0.2) is 14.4 Å². The monoisotopic (exact) mass is 992 g/mol. The maximum Gasteiger partial charge on any atom is 0.338 e. The first-order valence-electron chi connectivity index (χ1n) is 28.3. The highest BCUT2D eigenvalue weighted by Crippen LogP contribution is 2.33. The van der Waals surface area contributed by atoms with Gasteiger partial charge in [-0.15, -0.1) is 0 Å². The summed E-state index contributed by atoms with van der Waals surface area (Å²) in [5, 5.41) is 0. The quantitative estimate of drug-likeness (QED) is 0.0238. The molecule has 1 heterocycles. The summed E-state index contributed by atoms with van der Waals surface area (Å²) in [7, 11) is 0. The van der Waals surface area contributed by atoms with Gasteiger partial charge in [-0.1, -0.05) is 208 Å². The van der Waals surface area contributed by atoms with Crippen LogP contribution in [0.15, 0.2) is 115 Å². The van der Waals surface area contributed by atoms with E-state index in [1.807, 2.05) is 12.1 Å². The van der Waals surface area contributed by atoms with E-state index in [-0.39, 0.29) is 5.56 Å². The predicted octanol–water partition coefficient (Wildman–Crippen LogP) is 16.7. The summed E-state index contributed by atoms with van der Waals surface area (Å²) in [6.07, 6.45) is 36.7. The van der Waals surface area contributed by atoms with Crippen molar-refractivity contribution in [3.8, 4) is 0 Å². The Morgan fingerprint density at radius 3 is 1.14 bits per heavy atom. The molecule has 3 aromatic rings. The van der Waals surface area contributed by atoms with E-state index in [9.17, 15) is 14.4 Å². The fourth-order valence-corrected chi connectivity index (χ4v) is 8.92. The van der Waals surface area contributed by atoms with Crippen molar-refractivity contribution in [2.75, 3.05) is 13.2 Å². The van der Waals surface area contributed by atoms with Gasteiger partial charge in [0.25, 0.3) is 0 Å². The molecule has 4 rings (SSSR count). The molecule has 397 valence electrons. The molecule has 0 amide bonds. The Morgan fingerprint density at radius 2 is 0.736 bits per heavy atom. The minimum absolute atomic E-state index is 0.281. The Balaban J connectivity index is 1.37. The minimum atomic E-state index is -1.34. The average Bonchev–Trinajstić information content (AvgIpc) is 3.41. The lowest BCUT2D eigenvalue weighted by Gasteiger charge is -2.44. The van der Waals surface area contributed by atoms with Crippen LogP contribution in [0.3, 0.4) is 0 Å². The topological polar surface area (TPSA) is 107 Å². The summed E-state index contributed by atoms with van der Waals surface area (Å²) in [5.41, 5.74) is 0.873. The number of hydrogen-bond donors (Lipinski definition) is 0. The number of unbranched alkanes of at least 4 members (excludes halogenated alkanes) is 24. The van der Waals surface area contributed by atoms with E-state index >= 15 is 0 Å². The van der Waals surface area contributed by atoms with Crippen molar-refractivity contribution in [3.05, 3.63) is 139 Å². The van der Waals surface area contributed by atoms with Crippen LogP contribution in [0.2, 0.25) is 0 Å². The van der Waals surface area contributed by atoms with Gasteiger partial charge in [0.15, 0.2) is 24.6 Å². The van der Waals surface area contributed by atoms with E-state index < -0.39 is 48.6 Å². The Morgan fingerprint density at radius 1 is 0.403 bits per heavy atom. The summed E-state index contributed by atoms with van der Waals surface area (Å²) in [4.78, 5) is 41.7. The van der Waals surface area contributed by atoms with E-state index in [2.05, 4.69) is 38.2 Å². The summed E-state index contributed by atoms with van der Waals surface area (Å²) in [6.45, 7) is 6.76. The van der Waals surface area contributed by atoms with Crippen LogP contribution in [0.5, 0.6) is 0 Å². The van der Waals surface area contributed by atoms with E-state index in [4.69, 9.17) is 28.4 Å². The maximum absolute atomic E-state index is 14.0. The van der Waals surface area contributed by atoms with E-state index in [0.29, 0.717) is 24.3 Å². The van der Waals surface area contributed by atoms with E-state index in [1.165, 1.54) is 129 Å². The lowest BCUT2D eigenvalue weighted by molar-refractivity contribution is -0.293. The molecule has 0 N–H and O–H groups in total. The van der Waals surface area contributed by atoms with Crippen LogP contribution in [0.25, 0.3) is 0 Å². The Hall–Kier alpha value is -4.57. The highest BCUT2D eigenvalue weighted by Gasteiger charge is 2.53. The van der Waals surface area contributed by atoms with Crippen LogP contribution < -0.4 is 0 Å². The molecule has 1 radical (unpaired) electrons. The number of rotatable bonds is 41. The highest BCUT2D eigenvalue weighted by molar-refractivity contribution is 5.91. The summed E-state index contributed by atoms with van der Waals surface area (Å²) in [5.74, 6) is -2.00. The molecular weight excluding hydrogens is 901 g/mol. The number of ether oxygens (including phenoxy) is 6. The van der Waals surface area contributed by atoms with E-state index in [1.54, 1.807) is 78.9 Å². The molecule has 9 nitrogen and oxygen atoms in total. The highest BCUT2D eigenvalue weighted by atomic mass is 16.7. The van der Waals surface area contributed by atoms with Crippen molar-refractivity contribution in [2.24, 2.45) is 0 Å². The third kappa shape index (κ3) is 25.9. The Labute approximate surface area is 435 Å². The first-order valence-corrected chi connectivity index (χ1v) is 28.3. The molecule has 0 saturated carbocycles. The SMILES string of the molecule is CCCCCCCCC=CCCCCCCCCO[CH][C@H]1O[C@H](OCCCCCCCCC=CCCCCCCCC)[C@H](OC(=O)c2ccccc2)[C@@H](OC(=O)c2ccccc2)[C@@H]1OC(=O)c1ccccc1. The summed E-state index contributed by atoms with van der Waals surface area (Å²) in [6, 6.07) is 25.7. The number of allylic oxidation sites excluding steroid dienone is 4. The second kappa shape index (κ2) is 39.9. The largest absolute Gasteiger partial charge is 0.452 e.